The molecule has 0 saturated carbocycles. The molecule has 1 aliphatic heterocycles. The lowest BCUT2D eigenvalue weighted by atomic mass is 10.2. The number of amides is 1. The van der Waals surface area contributed by atoms with Gasteiger partial charge in [0.2, 0.25) is 5.91 Å². The predicted molar refractivity (Wildman–Crippen MR) is 93.8 cm³/mol. The minimum Gasteiger partial charge on any atom is -0.392 e. The summed E-state index contributed by atoms with van der Waals surface area (Å²) in [5, 5.41) is 9.48. The number of aliphatic hydroxyl groups excluding tert-OH is 1. The summed E-state index contributed by atoms with van der Waals surface area (Å²) in [6.45, 7) is 7.97. The van der Waals surface area contributed by atoms with E-state index in [0.717, 1.165) is 49.5 Å². The molecule has 1 unspecified atom stereocenters. The Balaban J connectivity index is 1.68. The fourth-order valence-corrected chi connectivity index (χ4v) is 3.36. The smallest absolute Gasteiger partial charge is 0.242 e. The maximum atomic E-state index is 12.7. The molecule has 130 valence electrons. The van der Waals surface area contributed by atoms with Crippen molar-refractivity contribution in [3.63, 3.8) is 0 Å². The number of fused-ring (bicyclic) bond motifs is 1. The summed E-state index contributed by atoms with van der Waals surface area (Å²) in [6.07, 6.45) is 0.487. The van der Waals surface area contributed by atoms with E-state index in [9.17, 15) is 9.90 Å². The highest BCUT2D eigenvalue weighted by atomic mass is 16.3. The van der Waals surface area contributed by atoms with Crippen molar-refractivity contribution >= 4 is 16.9 Å². The Bertz CT molecular complexity index is 702. The highest BCUT2D eigenvalue weighted by Gasteiger charge is 2.23. The van der Waals surface area contributed by atoms with E-state index >= 15 is 0 Å². The quantitative estimate of drug-likeness (QED) is 0.892. The van der Waals surface area contributed by atoms with Gasteiger partial charge in [0.05, 0.1) is 17.1 Å². The first kappa shape index (κ1) is 16.9. The van der Waals surface area contributed by atoms with E-state index in [-0.39, 0.29) is 12.0 Å². The van der Waals surface area contributed by atoms with Crippen LogP contribution < -0.4 is 0 Å². The molecule has 0 aliphatic carbocycles. The van der Waals surface area contributed by atoms with E-state index in [1.807, 2.05) is 33.7 Å². The van der Waals surface area contributed by atoms with Crippen LogP contribution in [0, 0.1) is 0 Å². The summed E-state index contributed by atoms with van der Waals surface area (Å²) in [4.78, 5) is 21.5. The van der Waals surface area contributed by atoms with Gasteiger partial charge in [0, 0.05) is 39.1 Å². The van der Waals surface area contributed by atoms with Gasteiger partial charge in [0.15, 0.2) is 0 Å². The van der Waals surface area contributed by atoms with Gasteiger partial charge in [-0.3, -0.25) is 9.69 Å². The van der Waals surface area contributed by atoms with Gasteiger partial charge < -0.3 is 14.6 Å². The van der Waals surface area contributed by atoms with Gasteiger partial charge >= 0.3 is 0 Å². The molecule has 1 saturated heterocycles. The van der Waals surface area contributed by atoms with Crippen LogP contribution in [0.25, 0.3) is 11.0 Å². The van der Waals surface area contributed by atoms with Gasteiger partial charge in [-0.05, 0) is 19.1 Å². The molecule has 2 aromatic rings. The number of imidazole rings is 1. The molecular weight excluding hydrogens is 304 g/mol. The second-order valence-corrected chi connectivity index (χ2v) is 6.49. The van der Waals surface area contributed by atoms with E-state index in [1.54, 1.807) is 6.92 Å². The Morgan fingerprint density at radius 1 is 1.25 bits per heavy atom. The van der Waals surface area contributed by atoms with Crippen molar-refractivity contribution < 1.29 is 9.90 Å². The molecule has 6 nitrogen and oxygen atoms in total. The highest BCUT2D eigenvalue weighted by molar-refractivity contribution is 5.81. The van der Waals surface area contributed by atoms with Crippen molar-refractivity contribution in [2.24, 2.45) is 0 Å². The van der Waals surface area contributed by atoms with Gasteiger partial charge in [-0.2, -0.15) is 0 Å². The van der Waals surface area contributed by atoms with Gasteiger partial charge in [-0.1, -0.05) is 19.1 Å². The van der Waals surface area contributed by atoms with E-state index in [0.29, 0.717) is 13.1 Å². The molecule has 0 bridgehead atoms. The number of hydrogen-bond acceptors (Lipinski definition) is 4. The van der Waals surface area contributed by atoms with Gasteiger partial charge in [-0.15, -0.1) is 0 Å². The first-order valence-electron chi connectivity index (χ1n) is 8.70. The van der Waals surface area contributed by atoms with Crippen molar-refractivity contribution in [2.45, 2.75) is 32.9 Å². The molecule has 1 aromatic heterocycles. The molecule has 2 heterocycles. The average Bonchev–Trinajstić information content (AvgIpc) is 2.93. The normalized spacial score (nSPS) is 17.4. The van der Waals surface area contributed by atoms with E-state index in [1.165, 1.54) is 0 Å². The number of carbonyl (C=O) groups excluding carboxylic acids is 1. The summed E-state index contributed by atoms with van der Waals surface area (Å²) in [7, 11) is 0. The molecule has 6 heteroatoms. The molecule has 24 heavy (non-hydrogen) atoms. The van der Waals surface area contributed by atoms with Gasteiger partial charge in [0.25, 0.3) is 0 Å². The monoisotopic (exact) mass is 330 g/mol. The molecule has 1 fully saturated rings. The topological polar surface area (TPSA) is 61.6 Å². The summed E-state index contributed by atoms with van der Waals surface area (Å²) in [5.74, 6) is 1.10. The lowest BCUT2D eigenvalue weighted by molar-refractivity contribution is -0.133. The number of aliphatic hydroxyl groups is 1. The van der Waals surface area contributed by atoms with Crippen molar-refractivity contribution in [2.75, 3.05) is 32.7 Å². The SMILES string of the molecule is CCc1nc2ccccc2n1CC(=O)N1CCN(CC(C)O)CC1. The fraction of sp³-hybridized carbons (Fsp3) is 0.556. The number of aromatic nitrogens is 2. The van der Waals surface area contributed by atoms with Crippen LogP contribution in [0.2, 0.25) is 0 Å². The number of aryl methyl sites for hydroxylation is 1. The minimum absolute atomic E-state index is 0.143. The maximum Gasteiger partial charge on any atom is 0.242 e. The molecule has 1 aromatic carbocycles. The zero-order chi connectivity index (χ0) is 17.1. The Labute approximate surface area is 142 Å². The van der Waals surface area contributed by atoms with Crippen LogP contribution in [0.15, 0.2) is 24.3 Å². The van der Waals surface area contributed by atoms with Crippen LogP contribution in [0.4, 0.5) is 0 Å². The third-order valence-electron chi connectivity index (χ3n) is 4.59. The Morgan fingerprint density at radius 3 is 2.62 bits per heavy atom. The van der Waals surface area contributed by atoms with Crippen LogP contribution in [-0.4, -0.2) is 69.2 Å². The second kappa shape index (κ2) is 7.32. The van der Waals surface area contributed by atoms with Crippen LogP contribution in [0.3, 0.4) is 0 Å². The number of β-amino-alcohol motifs (C(OH)–C–C–N with tert-alkyl or cyclic N) is 1. The third-order valence-corrected chi connectivity index (χ3v) is 4.59. The van der Waals surface area contributed by atoms with E-state index in [4.69, 9.17) is 0 Å². The summed E-state index contributed by atoms with van der Waals surface area (Å²) in [5.41, 5.74) is 1.97. The Morgan fingerprint density at radius 2 is 1.96 bits per heavy atom. The third kappa shape index (κ3) is 3.60. The lowest BCUT2D eigenvalue weighted by Gasteiger charge is -2.35. The molecule has 1 atom stereocenters. The fourth-order valence-electron chi connectivity index (χ4n) is 3.36. The first-order chi connectivity index (χ1) is 11.6. The Kier molecular flexibility index (Phi) is 5.16. The predicted octanol–water partition coefficient (Wildman–Crippen LogP) is 1.12. The van der Waals surface area contributed by atoms with Crippen LogP contribution >= 0.6 is 0 Å². The summed E-state index contributed by atoms with van der Waals surface area (Å²) in [6, 6.07) is 7.97. The average molecular weight is 330 g/mol. The number of para-hydroxylation sites is 2. The van der Waals surface area contributed by atoms with Crippen molar-refractivity contribution in [3.8, 4) is 0 Å². The lowest BCUT2D eigenvalue weighted by Crippen LogP contribution is -2.50. The molecule has 0 spiro atoms. The molecule has 0 radical (unpaired) electrons. The summed E-state index contributed by atoms with van der Waals surface area (Å²) < 4.78 is 2.04. The number of nitrogens with zero attached hydrogens (tertiary/aromatic N) is 4. The van der Waals surface area contributed by atoms with Crippen molar-refractivity contribution in [1.82, 2.24) is 19.4 Å². The first-order valence-corrected chi connectivity index (χ1v) is 8.70. The number of benzene rings is 1. The van der Waals surface area contributed by atoms with Crippen molar-refractivity contribution in [1.29, 1.82) is 0 Å². The van der Waals surface area contributed by atoms with E-state index < -0.39 is 0 Å². The number of piperazine rings is 1. The Hall–Kier alpha value is -1.92. The highest BCUT2D eigenvalue weighted by Crippen LogP contribution is 2.17. The standard InChI is InChI=1S/C18H26N4O2/c1-3-17-19-15-6-4-5-7-16(15)22(17)13-18(24)21-10-8-20(9-11-21)12-14(2)23/h4-7,14,23H,3,8-13H2,1-2H3. The van der Waals surface area contributed by atoms with Crippen LogP contribution in [-0.2, 0) is 17.8 Å². The zero-order valence-electron chi connectivity index (χ0n) is 14.5. The minimum atomic E-state index is -0.323. The maximum absolute atomic E-state index is 12.7. The molecule has 3 rings (SSSR count). The van der Waals surface area contributed by atoms with E-state index in [2.05, 4.69) is 16.8 Å². The zero-order valence-corrected chi connectivity index (χ0v) is 14.5. The largest absolute Gasteiger partial charge is 0.392 e. The molecule has 1 amide bonds. The van der Waals surface area contributed by atoms with Crippen LogP contribution in [0.5, 0.6) is 0 Å². The number of hydrogen-bond donors (Lipinski definition) is 1. The van der Waals surface area contributed by atoms with Gasteiger partial charge in [-0.25, -0.2) is 4.98 Å². The number of carbonyl (C=O) groups is 1. The molecule has 1 N–H and O–H groups in total. The second-order valence-electron chi connectivity index (χ2n) is 6.49. The van der Waals surface area contributed by atoms with Crippen LogP contribution in [0.1, 0.15) is 19.7 Å². The van der Waals surface area contributed by atoms with Crippen molar-refractivity contribution in [3.05, 3.63) is 30.1 Å². The number of rotatable bonds is 5. The van der Waals surface area contributed by atoms with Gasteiger partial charge in [0.1, 0.15) is 12.4 Å². The molecule has 1 aliphatic rings. The summed E-state index contributed by atoms with van der Waals surface area (Å²) >= 11 is 0. The molecular formula is C18H26N4O2.